The van der Waals surface area contributed by atoms with E-state index in [9.17, 15) is 4.79 Å². The SMILES string of the molecule is CC[C@H](Oc1ccccc1C)C(=O)O. The molecule has 1 N–H and O–H groups in total. The monoisotopic (exact) mass is 194 g/mol. The molecule has 0 saturated heterocycles. The number of carbonyl (C=O) groups is 1. The third kappa shape index (κ3) is 2.49. The smallest absolute Gasteiger partial charge is 0.344 e. The van der Waals surface area contributed by atoms with Crippen molar-refractivity contribution >= 4 is 5.97 Å². The Hall–Kier alpha value is -1.51. The second kappa shape index (κ2) is 4.65. The van der Waals surface area contributed by atoms with Crippen LogP contribution in [0.4, 0.5) is 0 Å². The standard InChI is InChI=1S/C11H14O3/c1-3-9(11(12)13)14-10-7-5-4-6-8(10)2/h4-7,9H,3H2,1-2H3,(H,12,13)/t9-/m0/s1. The summed E-state index contributed by atoms with van der Waals surface area (Å²) in [6, 6.07) is 7.39. The van der Waals surface area contributed by atoms with Gasteiger partial charge in [-0.1, -0.05) is 25.1 Å². The summed E-state index contributed by atoms with van der Waals surface area (Å²) in [6.07, 6.45) is -0.292. The molecule has 3 heteroatoms. The lowest BCUT2D eigenvalue weighted by Crippen LogP contribution is -2.26. The molecule has 0 amide bonds. The Morgan fingerprint density at radius 2 is 2.14 bits per heavy atom. The van der Waals surface area contributed by atoms with Crippen LogP contribution >= 0.6 is 0 Å². The van der Waals surface area contributed by atoms with E-state index < -0.39 is 12.1 Å². The van der Waals surface area contributed by atoms with Gasteiger partial charge in [0.2, 0.25) is 0 Å². The van der Waals surface area contributed by atoms with Gasteiger partial charge in [0, 0.05) is 0 Å². The van der Waals surface area contributed by atoms with Crippen LogP contribution < -0.4 is 4.74 Å². The van der Waals surface area contributed by atoms with Crippen molar-refractivity contribution in [1.29, 1.82) is 0 Å². The lowest BCUT2D eigenvalue weighted by molar-refractivity contribution is -0.145. The molecular weight excluding hydrogens is 180 g/mol. The van der Waals surface area contributed by atoms with Crippen LogP contribution in [0, 0.1) is 6.92 Å². The van der Waals surface area contributed by atoms with Gasteiger partial charge in [0.25, 0.3) is 0 Å². The Morgan fingerprint density at radius 3 is 2.64 bits per heavy atom. The van der Waals surface area contributed by atoms with Crippen molar-refractivity contribution in [2.45, 2.75) is 26.4 Å². The van der Waals surface area contributed by atoms with Crippen LogP contribution in [0.3, 0.4) is 0 Å². The Bertz CT molecular complexity index is 320. The minimum Gasteiger partial charge on any atom is -0.479 e. The minimum absolute atomic E-state index is 0.462. The molecule has 0 aliphatic carbocycles. The highest BCUT2D eigenvalue weighted by Gasteiger charge is 2.17. The normalized spacial score (nSPS) is 12.1. The molecule has 0 bridgehead atoms. The zero-order chi connectivity index (χ0) is 10.6. The number of para-hydroxylation sites is 1. The number of hydrogen-bond acceptors (Lipinski definition) is 2. The number of rotatable bonds is 4. The van der Waals surface area contributed by atoms with Crippen LogP contribution in [0.25, 0.3) is 0 Å². The summed E-state index contributed by atoms with van der Waals surface area (Å²) >= 11 is 0. The van der Waals surface area contributed by atoms with Crippen LogP contribution in [-0.2, 0) is 4.79 Å². The average molecular weight is 194 g/mol. The predicted molar refractivity (Wildman–Crippen MR) is 53.5 cm³/mol. The van der Waals surface area contributed by atoms with Crippen LogP contribution in [0.1, 0.15) is 18.9 Å². The molecular formula is C11H14O3. The van der Waals surface area contributed by atoms with Gasteiger partial charge in [-0.2, -0.15) is 0 Å². The van der Waals surface area contributed by atoms with E-state index in [-0.39, 0.29) is 0 Å². The second-order valence-corrected chi connectivity index (χ2v) is 3.12. The van der Waals surface area contributed by atoms with Crippen LogP contribution in [0.2, 0.25) is 0 Å². The van der Waals surface area contributed by atoms with Gasteiger partial charge in [-0.3, -0.25) is 0 Å². The first-order chi connectivity index (χ1) is 6.65. The summed E-state index contributed by atoms with van der Waals surface area (Å²) in [7, 11) is 0. The fourth-order valence-electron chi connectivity index (χ4n) is 1.15. The van der Waals surface area contributed by atoms with Crippen molar-refractivity contribution in [3.05, 3.63) is 29.8 Å². The summed E-state index contributed by atoms with van der Waals surface area (Å²) in [4.78, 5) is 10.7. The quantitative estimate of drug-likeness (QED) is 0.799. The molecule has 0 fully saturated rings. The number of aryl methyl sites for hydroxylation is 1. The summed E-state index contributed by atoms with van der Waals surface area (Å²) in [5.74, 6) is -0.280. The Balaban J connectivity index is 2.77. The molecule has 0 spiro atoms. The molecule has 0 aromatic heterocycles. The molecule has 76 valence electrons. The molecule has 1 atom stereocenters. The first kappa shape index (κ1) is 10.6. The summed E-state index contributed by atoms with van der Waals surface area (Å²) in [5.41, 5.74) is 0.951. The van der Waals surface area contributed by atoms with E-state index in [0.29, 0.717) is 12.2 Å². The number of aliphatic carboxylic acids is 1. The summed E-state index contributed by atoms with van der Waals surface area (Å²) in [5, 5.41) is 8.80. The fraction of sp³-hybridized carbons (Fsp3) is 0.364. The van der Waals surface area contributed by atoms with E-state index in [1.54, 1.807) is 13.0 Å². The number of hydrogen-bond donors (Lipinski definition) is 1. The van der Waals surface area contributed by atoms with Crippen LogP contribution in [-0.4, -0.2) is 17.2 Å². The molecule has 0 heterocycles. The van der Waals surface area contributed by atoms with E-state index in [1.807, 2.05) is 25.1 Å². The van der Waals surface area contributed by atoms with Crippen molar-refractivity contribution < 1.29 is 14.6 Å². The summed E-state index contributed by atoms with van der Waals surface area (Å²) in [6.45, 7) is 3.68. The molecule has 0 aliphatic heterocycles. The molecule has 3 nitrogen and oxygen atoms in total. The second-order valence-electron chi connectivity index (χ2n) is 3.12. The lowest BCUT2D eigenvalue weighted by Gasteiger charge is -2.14. The largest absolute Gasteiger partial charge is 0.479 e. The van der Waals surface area contributed by atoms with Gasteiger partial charge >= 0.3 is 5.97 Å². The molecule has 1 rings (SSSR count). The van der Waals surface area contributed by atoms with Gasteiger partial charge in [0.05, 0.1) is 0 Å². The van der Waals surface area contributed by atoms with E-state index in [1.165, 1.54) is 0 Å². The van der Waals surface area contributed by atoms with E-state index >= 15 is 0 Å². The van der Waals surface area contributed by atoms with Gasteiger partial charge in [-0.15, -0.1) is 0 Å². The van der Waals surface area contributed by atoms with Crippen molar-refractivity contribution in [1.82, 2.24) is 0 Å². The highest BCUT2D eigenvalue weighted by Crippen LogP contribution is 2.18. The minimum atomic E-state index is -0.921. The Kier molecular flexibility index (Phi) is 3.51. The maximum atomic E-state index is 10.7. The zero-order valence-corrected chi connectivity index (χ0v) is 8.36. The molecule has 0 radical (unpaired) electrons. The van der Waals surface area contributed by atoms with Gasteiger partial charge < -0.3 is 9.84 Å². The third-order valence-electron chi connectivity index (χ3n) is 2.01. The van der Waals surface area contributed by atoms with E-state index in [0.717, 1.165) is 5.56 Å². The lowest BCUT2D eigenvalue weighted by atomic mass is 10.2. The average Bonchev–Trinajstić information content (AvgIpc) is 2.16. The molecule has 1 aromatic rings. The Morgan fingerprint density at radius 1 is 1.50 bits per heavy atom. The van der Waals surface area contributed by atoms with Crippen LogP contribution in [0.5, 0.6) is 5.75 Å². The number of benzene rings is 1. The number of carboxylic acid groups (broad SMARTS) is 1. The van der Waals surface area contributed by atoms with E-state index in [4.69, 9.17) is 9.84 Å². The van der Waals surface area contributed by atoms with Crippen molar-refractivity contribution in [2.75, 3.05) is 0 Å². The van der Waals surface area contributed by atoms with Gasteiger partial charge in [0.1, 0.15) is 5.75 Å². The third-order valence-corrected chi connectivity index (χ3v) is 2.01. The van der Waals surface area contributed by atoms with Gasteiger partial charge in [0.15, 0.2) is 6.10 Å². The maximum Gasteiger partial charge on any atom is 0.344 e. The van der Waals surface area contributed by atoms with Gasteiger partial charge in [-0.05, 0) is 25.0 Å². The molecule has 0 saturated carbocycles. The molecule has 0 unspecified atom stereocenters. The number of carboxylic acids is 1. The Labute approximate surface area is 83.3 Å². The molecule has 0 aliphatic rings. The zero-order valence-electron chi connectivity index (χ0n) is 8.36. The van der Waals surface area contributed by atoms with Crippen LogP contribution in [0.15, 0.2) is 24.3 Å². The molecule has 1 aromatic carbocycles. The van der Waals surface area contributed by atoms with Crippen molar-refractivity contribution in [3.63, 3.8) is 0 Å². The topological polar surface area (TPSA) is 46.5 Å². The fourth-order valence-corrected chi connectivity index (χ4v) is 1.15. The van der Waals surface area contributed by atoms with Crippen molar-refractivity contribution in [3.8, 4) is 5.75 Å². The predicted octanol–water partition coefficient (Wildman–Crippen LogP) is 2.24. The number of ether oxygens (including phenoxy) is 1. The van der Waals surface area contributed by atoms with E-state index in [2.05, 4.69) is 0 Å². The first-order valence-corrected chi connectivity index (χ1v) is 4.60. The highest BCUT2D eigenvalue weighted by atomic mass is 16.5. The van der Waals surface area contributed by atoms with Gasteiger partial charge in [-0.25, -0.2) is 4.79 Å². The maximum absolute atomic E-state index is 10.7. The molecule has 14 heavy (non-hydrogen) atoms. The summed E-state index contributed by atoms with van der Waals surface area (Å²) < 4.78 is 5.36. The first-order valence-electron chi connectivity index (χ1n) is 4.60. The highest BCUT2D eigenvalue weighted by molar-refractivity contribution is 5.72. The van der Waals surface area contributed by atoms with Crippen molar-refractivity contribution in [2.24, 2.45) is 0 Å².